The number of benzene rings is 1. The van der Waals surface area contributed by atoms with Gasteiger partial charge in [-0.3, -0.25) is 0 Å². The van der Waals surface area contributed by atoms with Crippen molar-refractivity contribution in [3.8, 4) is 17.1 Å². The van der Waals surface area contributed by atoms with E-state index in [1.165, 1.54) is 6.07 Å². The molecule has 1 aliphatic rings. The molecule has 0 aliphatic carbocycles. The van der Waals surface area contributed by atoms with Crippen LogP contribution in [0.4, 0.5) is 32.0 Å². The van der Waals surface area contributed by atoms with Crippen molar-refractivity contribution < 1.29 is 40.3 Å². The molecule has 7 nitrogen and oxygen atoms in total. The molecule has 188 valence electrons. The standard InChI is InChI=1S/C22H20F6N4O3/c1-21(25,26)9-34-17-7-13(35-32-17)8-29-20-18(14-6-12(23)2-3-15(14)24)30-11-31-19(20)16-4-5-22(27,28)10-33-16/h2-3,6-7,11,16,29H,4-5,8-10H2,1H3. The van der Waals surface area contributed by atoms with Gasteiger partial charge in [0.05, 0.1) is 17.9 Å². The van der Waals surface area contributed by atoms with E-state index in [2.05, 4.69) is 20.4 Å². The number of nitrogens with one attached hydrogen (secondary N) is 1. The number of aromatic nitrogens is 3. The number of hydrogen-bond donors (Lipinski definition) is 1. The number of nitrogens with zero attached hydrogens (tertiary/aromatic N) is 3. The third-order valence-corrected chi connectivity index (χ3v) is 5.08. The zero-order valence-corrected chi connectivity index (χ0v) is 18.3. The molecule has 0 saturated carbocycles. The van der Waals surface area contributed by atoms with E-state index >= 15 is 0 Å². The first-order valence-electron chi connectivity index (χ1n) is 10.5. The van der Waals surface area contributed by atoms with E-state index in [4.69, 9.17) is 14.0 Å². The summed E-state index contributed by atoms with van der Waals surface area (Å²) in [7, 11) is 0. The number of hydrogen-bond acceptors (Lipinski definition) is 7. The van der Waals surface area contributed by atoms with Crippen LogP contribution in [0.3, 0.4) is 0 Å². The van der Waals surface area contributed by atoms with Crippen molar-refractivity contribution in [2.24, 2.45) is 0 Å². The third-order valence-electron chi connectivity index (χ3n) is 5.08. The minimum absolute atomic E-state index is 0.0328. The summed E-state index contributed by atoms with van der Waals surface area (Å²) in [6, 6.07) is 4.07. The molecule has 1 aliphatic heterocycles. The lowest BCUT2D eigenvalue weighted by Gasteiger charge is -2.29. The van der Waals surface area contributed by atoms with Gasteiger partial charge in [0.1, 0.15) is 36.4 Å². The van der Waals surface area contributed by atoms with Crippen LogP contribution in [0, 0.1) is 11.6 Å². The highest BCUT2D eigenvalue weighted by Crippen LogP contribution is 2.40. The Kier molecular flexibility index (Phi) is 6.88. The van der Waals surface area contributed by atoms with Crippen LogP contribution in [-0.4, -0.2) is 40.2 Å². The average Bonchev–Trinajstić information content (AvgIpc) is 3.25. The lowest BCUT2D eigenvalue weighted by molar-refractivity contribution is -0.146. The number of alkyl halides is 4. The number of anilines is 1. The van der Waals surface area contributed by atoms with Crippen molar-refractivity contribution in [1.29, 1.82) is 0 Å². The van der Waals surface area contributed by atoms with E-state index in [0.29, 0.717) is 6.92 Å². The van der Waals surface area contributed by atoms with Crippen LogP contribution in [0.2, 0.25) is 0 Å². The monoisotopic (exact) mass is 502 g/mol. The Morgan fingerprint density at radius 2 is 2.00 bits per heavy atom. The van der Waals surface area contributed by atoms with Crippen LogP contribution in [0.25, 0.3) is 11.3 Å². The Labute approximate surface area is 195 Å². The Morgan fingerprint density at radius 1 is 1.20 bits per heavy atom. The quantitative estimate of drug-likeness (QED) is 0.405. The van der Waals surface area contributed by atoms with Crippen molar-refractivity contribution in [3.05, 3.63) is 53.7 Å². The van der Waals surface area contributed by atoms with Gasteiger partial charge >= 0.3 is 0 Å². The summed E-state index contributed by atoms with van der Waals surface area (Å²) >= 11 is 0. The molecule has 1 saturated heterocycles. The maximum Gasteiger partial charge on any atom is 0.278 e. The number of ether oxygens (including phenoxy) is 2. The van der Waals surface area contributed by atoms with Crippen LogP contribution in [-0.2, 0) is 11.3 Å². The van der Waals surface area contributed by atoms with E-state index in [1.807, 2.05) is 0 Å². The Hall–Kier alpha value is -3.35. The first-order chi connectivity index (χ1) is 16.5. The highest BCUT2D eigenvalue weighted by atomic mass is 19.3. The van der Waals surface area contributed by atoms with Crippen LogP contribution in [0.15, 0.2) is 35.1 Å². The van der Waals surface area contributed by atoms with E-state index in [-0.39, 0.29) is 47.2 Å². The third kappa shape index (κ3) is 6.21. The molecule has 1 fully saturated rings. The molecule has 1 unspecified atom stereocenters. The second-order valence-electron chi connectivity index (χ2n) is 8.14. The van der Waals surface area contributed by atoms with Gasteiger partial charge in [0.15, 0.2) is 12.4 Å². The lowest BCUT2D eigenvalue weighted by atomic mass is 10.00. The summed E-state index contributed by atoms with van der Waals surface area (Å²) in [5.41, 5.74) is 0.0422. The molecule has 3 aromatic rings. The first kappa shape index (κ1) is 24.8. The molecule has 35 heavy (non-hydrogen) atoms. The lowest BCUT2D eigenvalue weighted by Crippen LogP contribution is -2.31. The Bertz CT molecular complexity index is 1170. The van der Waals surface area contributed by atoms with Gasteiger partial charge in [-0.1, -0.05) is 0 Å². The smallest absolute Gasteiger partial charge is 0.278 e. The van der Waals surface area contributed by atoms with Gasteiger partial charge in [0.2, 0.25) is 0 Å². The summed E-state index contributed by atoms with van der Waals surface area (Å²) in [6.45, 7) is -1.17. The van der Waals surface area contributed by atoms with Crippen molar-refractivity contribution in [2.75, 3.05) is 18.5 Å². The zero-order chi connectivity index (χ0) is 25.2. The van der Waals surface area contributed by atoms with Crippen molar-refractivity contribution in [2.45, 2.75) is 44.3 Å². The Morgan fingerprint density at radius 3 is 2.71 bits per heavy atom. The van der Waals surface area contributed by atoms with Gasteiger partial charge in [-0.15, -0.1) is 0 Å². The molecule has 4 rings (SSSR count). The molecule has 0 amide bonds. The second kappa shape index (κ2) is 9.72. The summed E-state index contributed by atoms with van der Waals surface area (Å²) in [5, 5.41) is 6.47. The van der Waals surface area contributed by atoms with Gasteiger partial charge in [0, 0.05) is 25.0 Å². The molecule has 13 heteroatoms. The minimum Gasteiger partial charge on any atom is -0.469 e. The molecule has 0 spiro atoms. The summed E-state index contributed by atoms with van der Waals surface area (Å²) < 4.78 is 96.9. The predicted molar refractivity (Wildman–Crippen MR) is 110 cm³/mol. The van der Waals surface area contributed by atoms with Crippen LogP contribution in [0.5, 0.6) is 5.88 Å². The SMILES string of the molecule is CC(F)(F)COc1cc(CNc2c(-c3cc(F)ccc3F)ncnc2C2CCC(F)(F)CO2)on1. The average molecular weight is 502 g/mol. The van der Waals surface area contributed by atoms with Gasteiger partial charge < -0.3 is 19.3 Å². The van der Waals surface area contributed by atoms with E-state index in [0.717, 1.165) is 24.5 Å². The second-order valence-corrected chi connectivity index (χ2v) is 8.14. The topological polar surface area (TPSA) is 82.3 Å². The fraction of sp³-hybridized carbons (Fsp3) is 0.409. The fourth-order valence-electron chi connectivity index (χ4n) is 3.46. The molecule has 1 N–H and O–H groups in total. The Balaban J connectivity index is 1.63. The van der Waals surface area contributed by atoms with E-state index < -0.39 is 49.2 Å². The van der Waals surface area contributed by atoms with Crippen molar-refractivity contribution in [1.82, 2.24) is 15.1 Å². The van der Waals surface area contributed by atoms with Crippen LogP contribution < -0.4 is 10.1 Å². The number of halogens is 6. The highest BCUT2D eigenvalue weighted by Gasteiger charge is 2.38. The maximum absolute atomic E-state index is 14.6. The van der Waals surface area contributed by atoms with Gasteiger partial charge in [-0.2, -0.15) is 0 Å². The maximum atomic E-state index is 14.6. The van der Waals surface area contributed by atoms with E-state index in [1.54, 1.807) is 0 Å². The normalized spacial score (nSPS) is 17.9. The summed E-state index contributed by atoms with van der Waals surface area (Å²) in [4.78, 5) is 8.22. The van der Waals surface area contributed by atoms with Gasteiger partial charge in [-0.25, -0.2) is 36.3 Å². The largest absolute Gasteiger partial charge is 0.469 e. The van der Waals surface area contributed by atoms with Crippen molar-refractivity contribution in [3.63, 3.8) is 0 Å². The minimum atomic E-state index is -3.08. The predicted octanol–water partition coefficient (Wildman–Crippen LogP) is 5.54. The molecule has 3 heterocycles. The molecule has 1 atom stereocenters. The first-order valence-corrected chi connectivity index (χ1v) is 10.5. The molecule has 1 aromatic carbocycles. The van der Waals surface area contributed by atoms with Crippen LogP contribution in [0.1, 0.15) is 37.3 Å². The van der Waals surface area contributed by atoms with E-state index in [9.17, 15) is 26.3 Å². The van der Waals surface area contributed by atoms with Gasteiger partial charge in [0.25, 0.3) is 17.7 Å². The summed E-state index contributed by atoms with van der Waals surface area (Å²) in [6.07, 6.45) is -0.289. The van der Waals surface area contributed by atoms with Crippen molar-refractivity contribution >= 4 is 5.69 Å². The zero-order valence-electron chi connectivity index (χ0n) is 18.3. The molecule has 2 aromatic heterocycles. The molecular weight excluding hydrogens is 482 g/mol. The van der Waals surface area contributed by atoms with Gasteiger partial charge in [-0.05, 0) is 29.8 Å². The molecular formula is C22H20F6N4O3. The van der Waals surface area contributed by atoms with Crippen LogP contribution >= 0.6 is 0 Å². The number of rotatable bonds is 8. The molecule has 0 bridgehead atoms. The molecule has 0 radical (unpaired) electrons. The summed E-state index contributed by atoms with van der Waals surface area (Å²) in [5.74, 6) is -7.58. The fourth-order valence-corrected chi connectivity index (χ4v) is 3.46. The highest BCUT2D eigenvalue weighted by molar-refractivity contribution is 5.76.